The van der Waals surface area contributed by atoms with Gasteiger partial charge in [-0.2, -0.15) is 0 Å². The van der Waals surface area contributed by atoms with Gasteiger partial charge in [-0.1, -0.05) is 48.5 Å². The van der Waals surface area contributed by atoms with Gasteiger partial charge >= 0.3 is 11.9 Å². The summed E-state index contributed by atoms with van der Waals surface area (Å²) in [5, 5.41) is 62.7. The van der Waals surface area contributed by atoms with Gasteiger partial charge in [0.15, 0.2) is 0 Å². The van der Waals surface area contributed by atoms with Crippen molar-refractivity contribution in [1.29, 1.82) is 0 Å². The van der Waals surface area contributed by atoms with Gasteiger partial charge in [0.1, 0.15) is 49.1 Å². The zero-order valence-electron chi connectivity index (χ0n) is 20.0. The van der Waals surface area contributed by atoms with Gasteiger partial charge < -0.3 is 40.1 Å². The largest absolute Gasteiger partial charge is 0.490 e. The molecular formula is C28H26O10. The summed E-state index contributed by atoms with van der Waals surface area (Å²) in [5.41, 5.74) is -0.0540. The molecule has 4 rings (SSSR count). The molecule has 0 bridgehead atoms. The van der Waals surface area contributed by atoms with E-state index in [0.717, 1.165) is 0 Å². The second-order valence-corrected chi connectivity index (χ2v) is 8.74. The number of carboxylic acids is 2. The third-order valence-electron chi connectivity index (χ3n) is 6.10. The number of benzene rings is 4. The predicted molar refractivity (Wildman–Crippen MR) is 137 cm³/mol. The first-order valence-electron chi connectivity index (χ1n) is 11.7. The first kappa shape index (κ1) is 26.8. The zero-order valence-corrected chi connectivity index (χ0v) is 20.0. The molecule has 0 aliphatic heterocycles. The first-order valence-corrected chi connectivity index (χ1v) is 11.7. The highest BCUT2D eigenvalue weighted by molar-refractivity contribution is 5.98. The van der Waals surface area contributed by atoms with Crippen LogP contribution in [-0.2, 0) is 0 Å². The Morgan fingerprint density at radius 1 is 0.605 bits per heavy atom. The number of fused-ring (bicyclic) bond motifs is 2. The molecule has 0 heterocycles. The van der Waals surface area contributed by atoms with E-state index in [0.29, 0.717) is 21.5 Å². The van der Waals surface area contributed by atoms with Crippen molar-refractivity contribution in [3.63, 3.8) is 0 Å². The molecule has 0 radical (unpaired) electrons. The molecule has 0 saturated carbocycles. The summed E-state index contributed by atoms with van der Waals surface area (Å²) in [7, 11) is 0. The van der Waals surface area contributed by atoms with E-state index in [1.54, 1.807) is 48.5 Å². The summed E-state index contributed by atoms with van der Waals surface area (Å²) in [6.07, 6.45) is -6.99. The molecule has 0 spiro atoms. The van der Waals surface area contributed by atoms with Crippen molar-refractivity contribution >= 4 is 33.5 Å². The number of aliphatic hydroxyl groups is 4. The summed E-state index contributed by atoms with van der Waals surface area (Å²) in [6.45, 7) is -1.02. The average Bonchev–Trinajstić information content (AvgIpc) is 2.92. The number of carboxylic acid groups (broad SMARTS) is 2. The van der Waals surface area contributed by atoms with Crippen LogP contribution in [0.4, 0.5) is 0 Å². The lowest BCUT2D eigenvalue weighted by Crippen LogP contribution is -2.48. The molecule has 0 aliphatic rings. The molecular weight excluding hydrogens is 496 g/mol. The van der Waals surface area contributed by atoms with E-state index in [1.807, 2.05) is 0 Å². The highest BCUT2D eigenvalue weighted by atomic mass is 16.5. The lowest BCUT2D eigenvalue weighted by Gasteiger charge is -2.27. The smallest absolute Gasteiger partial charge is 0.335 e. The standard InChI is InChI=1S/C28H26O10/c29-21(13-37-23-11-17(27(33)34)9-15-5-1-3-7-19(15)23)25(31)26(32)22(30)14-38-24-12-18(28(35)36)10-16-6-2-4-8-20(16)24/h1-12,21-22,25-26,29-32H,13-14H2,(H,33,34)(H,35,36)/t21-,22+,25+,26-. The fourth-order valence-corrected chi connectivity index (χ4v) is 4.04. The molecule has 198 valence electrons. The van der Waals surface area contributed by atoms with Gasteiger partial charge in [-0.05, 0) is 35.0 Å². The van der Waals surface area contributed by atoms with Crippen molar-refractivity contribution in [1.82, 2.24) is 0 Å². The fourth-order valence-electron chi connectivity index (χ4n) is 4.04. The Morgan fingerprint density at radius 3 is 1.34 bits per heavy atom. The van der Waals surface area contributed by atoms with Crippen LogP contribution >= 0.6 is 0 Å². The van der Waals surface area contributed by atoms with E-state index in [4.69, 9.17) is 9.47 Å². The van der Waals surface area contributed by atoms with E-state index in [9.17, 15) is 40.2 Å². The summed E-state index contributed by atoms with van der Waals surface area (Å²) < 4.78 is 11.2. The van der Waals surface area contributed by atoms with Crippen LogP contribution in [-0.4, -0.2) is 80.2 Å². The molecule has 0 saturated heterocycles. The normalized spacial score (nSPS) is 14.5. The summed E-state index contributed by atoms with van der Waals surface area (Å²) >= 11 is 0. The van der Waals surface area contributed by atoms with Gasteiger partial charge in [-0.3, -0.25) is 0 Å². The van der Waals surface area contributed by atoms with Crippen LogP contribution in [0.15, 0.2) is 72.8 Å². The van der Waals surface area contributed by atoms with Crippen molar-refractivity contribution in [3.8, 4) is 11.5 Å². The lowest BCUT2D eigenvalue weighted by molar-refractivity contribution is -0.119. The highest BCUT2D eigenvalue weighted by Gasteiger charge is 2.31. The quantitative estimate of drug-likeness (QED) is 0.171. The molecule has 0 unspecified atom stereocenters. The second kappa shape index (κ2) is 11.4. The summed E-state index contributed by atoms with van der Waals surface area (Å²) in [6, 6.07) is 19.3. The number of carbonyl (C=O) groups is 2. The van der Waals surface area contributed by atoms with E-state index in [1.165, 1.54) is 24.3 Å². The van der Waals surface area contributed by atoms with Crippen LogP contribution in [0.25, 0.3) is 21.5 Å². The molecule has 38 heavy (non-hydrogen) atoms. The molecule has 0 aromatic heterocycles. The third kappa shape index (κ3) is 5.84. The maximum atomic E-state index is 11.4. The number of ether oxygens (including phenoxy) is 2. The maximum Gasteiger partial charge on any atom is 0.335 e. The van der Waals surface area contributed by atoms with Crippen molar-refractivity contribution in [2.24, 2.45) is 0 Å². The molecule has 4 atom stereocenters. The van der Waals surface area contributed by atoms with Gasteiger partial charge in [0.2, 0.25) is 0 Å². The van der Waals surface area contributed by atoms with Gasteiger partial charge in [-0.15, -0.1) is 0 Å². The van der Waals surface area contributed by atoms with Crippen molar-refractivity contribution in [3.05, 3.63) is 83.9 Å². The average molecular weight is 523 g/mol. The van der Waals surface area contributed by atoms with Gasteiger partial charge in [0.25, 0.3) is 0 Å². The van der Waals surface area contributed by atoms with Gasteiger partial charge in [-0.25, -0.2) is 9.59 Å². The Balaban J connectivity index is 1.42. The Labute approximate surface area is 216 Å². The Hall–Kier alpha value is -4.22. The minimum absolute atomic E-state index is 0.0270. The van der Waals surface area contributed by atoms with Gasteiger partial charge in [0, 0.05) is 10.8 Å². The molecule has 10 heteroatoms. The first-order chi connectivity index (χ1) is 18.2. The Kier molecular flexibility index (Phi) is 8.08. The molecule has 4 aromatic carbocycles. The van der Waals surface area contributed by atoms with E-state index < -0.39 is 49.6 Å². The van der Waals surface area contributed by atoms with Crippen molar-refractivity contribution in [2.75, 3.05) is 13.2 Å². The molecule has 0 amide bonds. The minimum Gasteiger partial charge on any atom is -0.490 e. The van der Waals surface area contributed by atoms with Gasteiger partial charge in [0.05, 0.1) is 11.1 Å². The zero-order chi connectivity index (χ0) is 27.4. The Bertz CT molecular complexity index is 1360. The molecule has 6 N–H and O–H groups in total. The monoisotopic (exact) mass is 522 g/mol. The molecule has 4 aromatic rings. The van der Waals surface area contributed by atoms with Crippen molar-refractivity contribution in [2.45, 2.75) is 24.4 Å². The lowest BCUT2D eigenvalue weighted by atomic mass is 10.0. The number of rotatable bonds is 11. The molecule has 0 aliphatic carbocycles. The van der Waals surface area contributed by atoms with Crippen LogP contribution in [0.1, 0.15) is 20.7 Å². The van der Waals surface area contributed by atoms with E-state index in [2.05, 4.69) is 0 Å². The van der Waals surface area contributed by atoms with Crippen LogP contribution in [0, 0.1) is 0 Å². The van der Waals surface area contributed by atoms with Crippen LogP contribution < -0.4 is 9.47 Å². The molecule has 0 fully saturated rings. The van der Waals surface area contributed by atoms with E-state index in [-0.39, 0.29) is 22.6 Å². The van der Waals surface area contributed by atoms with Crippen LogP contribution in [0.3, 0.4) is 0 Å². The number of aromatic carboxylic acids is 2. The number of hydrogen-bond acceptors (Lipinski definition) is 8. The number of hydrogen-bond donors (Lipinski definition) is 6. The Morgan fingerprint density at radius 2 is 0.974 bits per heavy atom. The SMILES string of the molecule is O=C(O)c1cc(OC[C@@H](O)[C@H](O)[C@H](O)[C@@H](O)COc2cc(C(=O)O)cc3ccccc23)c2ccccc2c1. The van der Waals surface area contributed by atoms with E-state index >= 15 is 0 Å². The third-order valence-corrected chi connectivity index (χ3v) is 6.10. The van der Waals surface area contributed by atoms with Crippen molar-refractivity contribution < 1.29 is 49.7 Å². The highest BCUT2D eigenvalue weighted by Crippen LogP contribution is 2.29. The summed E-state index contributed by atoms with van der Waals surface area (Å²) in [5.74, 6) is -2.01. The van der Waals surface area contributed by atoms with Crippen LogP contribution in [0.2, 0.25) is 0 Å². The molecule has 10 nitrogen and oxygen atoms in total. The summed E-state index contributed by atoms with van der Waals surface area (Å²) in [4.78, 5) is 22.9. The second-order valence-electron chi connectivity index (χ2n) is 8.74. The van der Waals surface area contributed by atoms with Crippen LogP contribution in [0.5, 0.6) is 11.5 Å². The topological polar surface area (TPSA) is 174 Å². The number of aliphatic hydroxyl groups excluding tert-OH is 4. The fraction of sp³-hybridized carbons (Fsp3) is 0.214. The minimum atomic E-state index is -1.84. The maximum absolute atomic E-state index is 11.4. The predicted octanol–water partition coefficient (Wildman–Crippen LogP) is 2.29.